The monoisotopic (exact) mass is 284 g/mol. The van der Waals surface area contributed by atoms with Crippen LogP contribution in [0.5, 0.6) is 0 Å². The van der Waals surface area contributed by atoms with E-state index in [9.17, 15) is 4.79 Å². The third-order valence-electron chi connectivity index (χ3n) is 2.86. The number of anilines is 1. The van der Waals surface area contributed by atoms with Crippen molar-refractivity contribution in [2.45, 2.75) is 6.92 Å². The quantitative estimate of drug-likeness (QED) is 0.704. The fourth-order valence-corrected chi connectivity index (χ4v) is 1.82. The standard InChI is InChI=1S/C13H24N4O3/c1-11-9-12(16(2)15-11)14-13(18)10-17(5-7-19-3)6-8-20-4/h9H,5-8,10H2,1-4H3,(H,14,18). The summed E-state index contributed by atoms with van der Waals surface area (Å²) in [7, 11) is 5.09. The van der Waals surface area contributed by atoms with E-state index in [1.807, 2.05) is 17.9 Å². The number of nitrogens with one attached hydrogen (secondary N) is 1. The number of hydrogen-bond donors (Lipinski definition) is 1. The summed E-state index contributed by atoms with van der Waals surface area (Å²) in [5.74, 6) is 0.631. The van der Waals surface area contributed by atoms with Gasteiger partial charge in [-0.3, -0.25) is 14.4 Å². The number of carbonyl (C=O) groups is 1. The molecule has 0 saturated carbocycles. The average molecular weight is 284 g/mol. The van der Waals surface area contributed by atoms with Crippen molar-refractivity contribution < 1.29 is 14.3 Å². The summed E-state index contributed by atoms with van der Waals surface area (Å²) in [5, 5.41) is 7.04. The molecule has 0 unspecified atom stereocenters. The van der Waals surface area contributed by atoms with Crippen LogP contribution >= 0.6 is 0 Å². The predicted molar refractivity (Wildman–Crippen MR) is 76.8 cm³/mol. The van der Waals surface area contributed by atoms with Gasteiger partial charge in [0.2, 0.25) is 5.91 Å². The number of aromatic nitrogens is 2. The van der Waals surface area contributed by atoms with Gasteiger partial charge in [-0.2, -0.15) is 5.10 Å². The van der Waals surface area contributed by atoms with Gasteiger partial charge in [-0.1, -0.05) is 0 Å². The molecule has 1 heterocycles. The average Bonchev–Trinajstić information content (AvgIpc) is 2.71. The molecule has 114 valence electrons. The van der Waals surface area contributed by atoms with Gasteiger partial charge in [-0.25, -0.2) is 0 Å². The Kier molecular flexibility index (Phi) is 7.21. The summed E-state index contributed by atoms with van der Waals surface area (Å²) < 4.78 is 11.7. The van der Waals surface area contributed by atoms with E-state index in [-0.39, 0.29) is 5.91 Å². The van der Waals surface area contributed by atoms with Crippen molar-refractivity contribution in [1.82, 2.24) is 14.7 Å². The summed E-state index contributed by atoms with van der Waals surface area (Å²) in [5.41, 5.74) is 0.874. The van der Waals surface area contributed by atoms with Crippen molar-refractivity contribution in [3.8, 4) is 0 Å². The van der Waals surface area contributed by atoms with Crippen molar-refractivity contribution in [3.63, 3.8) is 0 Å². The van der Waals surface area contributed by atoms with E-state index in [1.54, 1.807) is 25.9 Å². The zero-order valence-electron chi connectivity index (χ0n) is 12.7. The Morgan fingerprint density at radius 1 is 1.35 bits per heavy atom. The van der Waals surface area contributed by atoms with Crippen LogP contribution in [-0.4, -0.2) is 67.7 Å². The zero-order valence-corrected chi connectivity index (χ0v) is 12.7. The second-order valence-electron chi connectivity index (χ2n) is 4.60. The number of aryl methyl sites for hydroxylation is 2. The largest absolute Gasteiger partial charge is 0.383 e. The lowest BCUT2D eigenvalue weighted by atomic mass is 10.4. The molecule has 20 heavy (non-hydrogen) atoms. The van der Waals surface area contributed by atoms with Crippen molar-refractivity contribution in [2.24, 2.45) is 7.05 Å². The minimum Gasteiger partial charge on any atom is -0.383 e. The molecule has 1 aromatic heterocycles. The lowest BCUT2D eigenvalue weighted by molar-refractivity contribution is -0.117. The van der Waals surface area contributed by atoms with Crippen LogP contribution < -0.4 is 5.32 Å². The van der Waals surface area contributed by atoms with Crippen LogP contribution in [0.3, 0.4) is 0 Å². The minimum atomic E-state index is -0.0693. The molecular formula is C13H24N4O3. The van der Waals surface area contributed by atoms with Gasteiger partial charge in [0.25, 0.3) is 0 Å². The maximum Gasteiger partial charge on any atom is 0.239 e. The number of rotatable bonds is 9. The normalized spacial score (nSPS) is 11.1. The van der Waals surface area contributed by atoms with Crippen LogP contribution in [0, 0.1) is 6.92 Å². The Bertz CT molecular complexity index is 412. The molecule has 0 saturated heterocycles. The molecule has 0 bridgehead atoms. The summed E-state index contributed by atoms with van der Waals surface area (Å²) in [6.07, 6.45) is 0. The van der Waals surface area contributed by atoms with Crippen LogP contribution in [0.2, 0.25) is 0 Å². The highest BCUT2D eigenvalue weighted by Crippen LogP contribution is 2.07. The van der Waals surface area contributed by atoms with E-state index < -0.39 is 0 Å². The first-order chi connectivity index (χ1) is 9.56. The fourth-order valence-electron chi connectivity index (χ4n) is 1.82. The minimum absolute atomic E-state index is 0.0693. The van der Waals surface area contributed by atoms with E-state index >= 15 is 0 Å². The highest BCUT2D eigenvalue weighted by Gasteiger charge is 2.12. The SMILES string of the molecule is COCCN(CCOC)CC(=O)Nc1cc(C)nn1C. The molecular weight excluding hydrogens is 260 g/mol. The summed E-state index contributed by atoms with van der Waals surface area (Å²) >= 11 is 0. The molecule has 7 nitrogen and oxygen atoms in total. The second-order valence-corrected chi connectivity index (χ2v) is 4.60. The van der Waals surface area contributed by atoms with Crippen LogP contribution in [0.1, 0.15) is 5.69 Å². The molecule has 0 aliphatic carbocycles. The number of nitrogens with zero attached hydrogens (tertiary/aromatic N) is 3. The van der Waals surface area contributed by atoms with Crippen LogP contribution in [0.15, 0.2) is 6.07 Å². The van der Waals surface area contributed by atoms with Gasteiger partial charge in [0.1, 0.15) is 5.82 Å². The number of carbonyl (C=O) groups excluding carboxylic acids is 1. The maximum absolute atomic E-state index is 12.0. The second kappa shape index (κ2) is 8.68. The summed E-state index contributed by atoms with van der Waals surface area (Å²) in [6.45, 7) is 4.75. The number of hydrogen-bond acceptors (Lipinski definition) is 5. The zero-order chi connectivity index (χ0) is 15.0. The molecule has 1 rings (SSSR count). The molecule has 0 spiro atoms. The van der Waals surface area contributed by atoms with Crippen molar-refractivity contribution in [1.29, 1.82) is 0 Å². The first-order valence-corrected chi connectivity index (χ1v) is 6.57. The lowest BCUT2D eigenvalue weighted by Crippen LogP contribution is -2.37. The molecule has 0 fully saturated rings. The van der Waals surface area contributed by atoms with Crippen molar-refractivity contribution >= 4 is 11.7 Å². The molecule has 7 heteroatoms. The maximum atomic E-state index is 12.0. The Morgan fingerprint density at radius 2 is 1.95 bits per heavy atom. The molecule has 1 aromatic rings. The number of methoxy groups -OCH3 is 2. The molecule has 1 N–H and O–H groups in total. The molecule has 0 aliphatic rings. The van der Waals surface area contributed by atoms with Crippen molar-refractivity contribution in [2.75, 3.05) is 52.4 Å². The first-order valence-electron chi connectivity index (χ1n) is 6.57. The Balaban J connectivity index is 2.49. The van der Waals surface area contributed by atoms with Gasteiger partial charge in [-0.05, 0) is 6.92 Å². The molecule has 0 atom stereocenters. The van der Waals surface area contributed by atoms with Crippen LogP contribution in [0.25, 0.3) is 0 Å². The van der Waals surface area contributed by atoms with Gasteiger partial charge in [0.15, 0.2) is 0 Å². The topological polar surface area (TPSA) is 68.6 Å². The number of ether oxygens (including phenoxy) is 2. The van der Waals surface area contributed by atoms with Crippen LogP contribution in [-0.2, 0) is 21.3 Å². The van der Waals surface area contributed by atoms with E-state index in [0.29, 0.717) is 38.7 Å². The molecule has 0 radical (unpaired) electrons. The summed E-state index contributed by atoms with van der Waals surface area (Å²) in [6, 6.07) is 1.84. The van der Waals surface area contributed by atoms with Gasteiger partial charge in [0, 0.05) is 40.4 Å². The van der Waals surface area contributed by atoms with E-state index in [2.05, 4.69) is 10.4 Å². The van der Waals surface area contributed by atoms with Gasteiger partial charge in [-0.15, -0.1) is 0 Å². The fraction of sp³-hybridized carbons (Fsp3) is 0.692. The Labute approximate surface area is 119 Å². The molecule has 0 aromatic carbocycles. The van der Waals surface area contributed by atoms with Gasteiger partial charge >= 0.3 is 0 Å². The third kappa shape index (κ3) is 5.68. The van der Waals surface area contributed by atoms with Gasteiger partial charge in [0.05, 0.1) is 25.5 Å². The molecule has 1 amide bonds. The number of amides is 1. The Hall–Kier alpha value is -1.44. The highest BCUT2D eigenvalue weighted by atomic mass is 16.5. The van der Waals surface area contributed by atoms with Crippen molar-refractivity contribution in [3.05, 3.63) is 11.8 Å². The summed E-state index contributed by atoms with van der Waals surface area (Å²) in [4.78, 5) is 14.0. The van der Waals surface area contributed by atoms with Gasteiger partial charge < -0.3 is 14.8 Å². The van der Waals surface area contributed by atoms with E-state index in [4.69, 9.17) is 9.47 Å². The van der Waals surface area contributed by atoms with E-state index in [1.165, 1.54) is 0 Å². The Morgan fingerprint density at radius 3 is 2.40 bits per heavy atom. The molecule has 0 aliphatic heterocycles. The first kappa shape index (κ1) is 16.6. The smallest absolute Gasteiger partial charge is 0.239 e. The predicted octanol–water partition coefficient (Wildman–Crippen LogP) is 0.262. The van der Waals surface area contributed by atoms with E-state index in [0.717, 1.165) is 5.69 Å². The highest BCUT2D eigenvalue weighted by molar-refractivity contribution is 5.91. The lowest BCUT2D eigenvalue weighted by Gasteiger charge is -2.20. The van der Waals surface area contributed by atoms with Crippen LogP contribution in [0.4, 0.5) is 5.82 Å². The third-order valence-corrected chi connectivity index (χ3v) is 2.86.